The molecule has 56 heavy (non-hydrogen) atoms. The van der Waals surface area contributed by atoms with Gasteiger partial charge in [-0.1, -0.05) is 182 Å². The standard InChI is InChI=1S/C54H37NS/c1-3-14-38(15-4-1)26-27-39-28-31-45(32-29-39)55(46-33-30-40-16-7-8-19-42(40)37-46)54-49-24-11-9-22-47(49)53(48-23-10-12-25-50(48)54)44-21-13-20-43(36-44)52-35-34-51(56-52)41-17-5-2-6-18-41/h1-37H/b27-26+. The first-order valence-corrected chi connectivity index (χ1v) is 19.9. The summed E-state index contributed by atoms with van der Waals surface area (Å²) in [6.07, 6.45) is 4.36. The van der Waals surface area contributed by atoms with Crippen LogP contribution < -0.4 is 4.90 Å². The molecule has 1 nitrogen and oxygen atoms in total. The maximum Gasteiger partial charge on any atom is 0.0618 e. The van der Waals surface area contributed by atoms with Gasteiger partial charge in [-0.05, 0) is 97.4 Å². The average molecular weight is 732 g/mol. The lowest BCUT2D eigenvalue weighted by molar-refractivity contribution is 1.31. The van der Waals surface area contributed by atoms with Crippen LogP contribution in [0.3, 0.4) is 0 Å². The summed E-state index contributed by atoms with van der Waals surface area (Å²) < 4.78 is 0. The van der Waals surface area contributed by atoms with E-state index in [1.807, 2.05) is 11.3 Å². The second-order valence-electron chi connectivity index (χ2n) is 14.1. The Morgan fingerprint density at radius 1 is 0.339 bits per heavy atom. The van der Waals surface area contributed by atoms with Crippen LogP contribution in [0.5, 0.6) is 0 Å². The molecule has 1 aromatic heterocycles. The fraction of sp³-hybridized carbons (Fsp3) is 0. The van der Waals surface area contributed by atoms with Crippen molar-refractivity contribution in [2.24, 2.45) is 0 Å². The Bertz CT molecular complexity index is 2950. The fourth-order valence-electron chi connectivity index (χ4n) is 7.95. The first-order chi connectivity index (χ1) is 27.8. The highest BCUT2D eigenvalue weighted by Gasteiger charge is 2.22. The summed E-state index contributed by atoms with van der Waals surface area (Å²) in [5, 5.41) is 7.30. The number of hydrogen-bond acceptors (Lipinski definition) is 2. The van der Waals surface area contributed by atoms with Crippen LogP contribution >= 0.6 is 11.3 Å². The number of benzene rings is 9. The largest absolute Gasteiger partial charge is 0.309 e. The summed E-state index contributed by atoms with van der Waals surface area (Å²) >= 11 is 1.84. The Balaban J connectivity index is 1.15. The highest BCUT2D eigenvalue weighted by atomic mass is 32.1. The zero-order valence-corrected chi connectivity index (χ0v) is 31.5. The van der Waals surface area contributed by atoms with E-state index in [9.17, 15) is 0 Å². The van der Waals surface area contributed by atoms with Crippen molar-refractivity contribution in [2.45, 2.75) is 0 Å². The molecule has 0 unspecified atom stereocenters. The van der Waals surface area contributed by atoms with Gasteiger partial charge in [0.15, 0.2) is 0 Å². The van der Waals surface area contributed by atoms with E-state index in [1.54, 1.807) is 0 Å². The second-order valence-corrected chi connectivity index (χ2v) is 15.2. The van der Waals surface area contributed by atoms with Gasteiger partial charge in [-0.2, -0.15) is 0 Å². The third-order valence-corrected chi connectivity index (χ3v) is 11.8. The lowest BCUT2D eigenvalue weighted by atomic mass is 9.89. The van der Waals surface area contributed by atoms with E-state index in [-0.39, 0.29) is 0 Å². The highest BCUT2D eigenvalue weighted by Crippen LogP contribution is 2.49. The SMILES string of the molecule is C(=C\c1ccc(N(c2ccc3ccccc3c2)c2c3ccccc3c(-c3cccc(-c4ccc(-c5ccccc5)s4)c3)c3ccccc23)cc1)/c1ccccc1. The van der Waals surface area contributed by atoms with E-state index in [4.69, 9.17) is 0 Å². The molecule has 1 heterocycles. The van der Waals surface area contributed by atoms with Crippen molar-refractivity contribution in [2.75, 3.05) is 4.90 Å². The van der Waals surface area contributed by atoms with Crippen LogP contribution in [0, 0.1) is 0 Å². The van der Waals surface area contributed by atoms with E-state index in [1.165, 1.54) is 75.6 Å². The molecular formula is C54H37NS. The minimum atomic E-state index is 1.11. The molecule has 0 aliphatic heterocycles. The normalized spacial score (nSPS) is 11.5. The van der Waals surface area contributed by atoms with Crippen LogP contribution in [0.25, 0.3) is 76.5 Å². The Kier molecular flexibility index (Phi) is 8.79. The summed E-state index contributed by atoms with van der Waals surface area (Å²) in [7, 11) is 0. The monoisotopic (exact) mass is 731 g/mol. The molecule has 0 saturated heterocycles. The van der Waals surface area contributed by atoms with Crippen molar-refractivity contribution in [3.8, 4) is 32.0 Å². The van der Waals surface area contributed by atoms with Gasteiger partial charge in [0.2, 0.25) is 0 Å². The van der Waals surface area contributed by atoms with Crippen molar-refractivity contribution in [3.05, 3.63) is 223 Å². The first kappa shape index (κ1) is 33.6. The van der Waals surface area contributed by atoms with Gasteiger partial charge < -0.3 is 4.90 Å². The van der Waals surface area contributed by atoms with Crippen molar-refractivity contribution in [3.63, 3.8) is 0 Å². The molecule has 0 bridgehead atoms. The van der Waals surface area contributed by atoms with Crippen molar-refractivity contribution in [1.29, 1.82) is 0 Å². The molecule has 0 aliphatic rings. The Morgan fingerprint density at radius 2 is 0.857 bits per heavy atom. The van der Waals surface area contributed by atoms with Gasteiger partial charge in [-0.25, -0.2) is 0 Å². The minimum Gasteiger partial charge on any atom is -0.309 e. The molecule has 0 spiro atoms. The smallest absolute Gasteiger partial charge is 0.0618 e. The maximum absolute atomic E-state index is 2.46. The Morgan fingerprint density at radius 3 is 1.55 bits per heavy atom. The summed E-state index contributed by atoms with van der Waals surface area (Å²) in [4.78, 5) is 5.00. The number of hydrogen-bond donors (Lipinski definition) is 0. The summed E-state index contributed by atoms with van der Waals surface area (Å²) in [6.45, 7) is 0. The molecule has 10 aromatic rings. The van der Waals surface area contributed by atoms with Crippen LogP contribution in [-0.2, 0) is 0 Å². The van der Waals surface area contributed by atoms with E-state index >= 15 is 0 Å². The molecule has 9 aromatic carbocycles. The molecule has 0 N–H and O–H groups in total. The third kappa shape index (κ3) is 6.36. The summed E-state index contributed by atoms with van der Waals surface area (Å²) in [5.74, 6) is 0. The van der Waals surface area contributed by atoms with Crippen LogP contribution in [-0.4, -0.2) is 0 Å². The van der Waals surface area contributed by atoms with E-state index in [0.29, 0.717) is 0 Å². The number of anilines is 3. The van der Waals surface area contributed by atoms with Crippen molar-refractivity contribution in [1.82, 2.24) is 0 Å². The van der Waals surface area contributed by atoms with E-state index in [0.717, 1.165) is 16.9 Å². The molecule has 0 amide bonds. The lowest BCUT2D eigenvalue weighted by Gasteiger charge is -2.30. The van der Waals surface area contributed by atoms with Gasteiger partial charge in [0.1, 0.15) is 0 Å². The number of rotatable bonds is 8. The molecule has 10 rings (SSSR count). The highest BCUT2D eigenvalue weighted by molar-refractivity contribution is 7.18. The predicted octanol–water partition coefficient (Wildman–Crippen LogP) is 15.8. The van der Waals surface area contributed by atoms with Crippen LogP contribution in [0.2, 0.25) is 0 Å². The average Bonchev–Trinajstić information content (AvgIpc) is 3.78. The van der Waals surface area contributed by atoms with Gasteiger partial charge in [0.05, 0.1) is 5.69 Å². The fourth-order valence-corrected chi connectivity index (χ4v) is 8.96. The van der Waals surface area contributed by atoms with Crippen LogP contribution in [0.4, 0.5) is 17.1 Å². The lowest BCUT2D eigenvalue weighted by Crippen LogP contribution is -2.11. The molecule has 0 atom stereocenters. The minimum absolute atomic E-state index is 1.11. The van der Waals surface area contributed by atoms with E-state index in [2.05, 4.69) is 229 Å². The van der Waals surface area contributed by atoms with Gasteiger partial charge in [-0.15, -0.1) is 11.3 Å². The maximum atomic E-state index is 2.46. The third-order valence-electron chi connectivity index (χ3n) is 10.6. The van der Waals surface area contributed by atoms with Gasteiger partial charge >= 0.3 is 0 Å². The number of nitrogens with zero attached hydrogens (tertiary/aromatic N) is 1. The van der Waals surface area contributed by atoms with Crippen LogP contribution in [0.1, 0.15) is 11.1 Å². The zero-order valence-electron chi connectivity index (χ0n) is 30.7. The molecule has 0 aliphatic carbocycles. The Hall–Kier alpha value is -7.00. The number of fused-ring (bicyclic) bond motifs is 3. The molecule has 0 radical (unpaired) electrons. The van der Waals surface area contributed by atoms with Gasteiger partial charge in [0, 0.05) is 31.9 Å². The summed E-state index contributed by atoms with van der Waals surface area (Å²) in [6, 6.07) is 77.0. The number of thiophene rings is 1. The topological polar surface area (TPSA) is 3.24 Å². The quantitative estimate of drug-likeness (QED) is 0.111. The molecule has 264 valence electrons. The zero-order chi connectivity index (χ0) is 37.3. The molecule has 2 heteroatoms. The first-order valence-electron chi connectivity index (χ1n) is 19.1. The van der Waals surface area contributed by atoms with E-state index < -0.39 is 0 Å². The molecule has 0 fully saturated rings. The van der Waals surface area contributed by atoms with Crippen molar-refractivity contribution >= 4 is 72.9 Å². The van der Waals surface area contributed by atoms with Gasteiger partial charge in [-0.3, -0.25) is 0 Å². The van der Waals surface area contributed by atoms with Gasteiger partial charge in [0.25, 0.3) is 0 Å². The van der Waals surface area contributed by atoms with Crippen molar-refractivity contribution < 1.29 is 0 Å². The second kappa shape index (κ2) is 14.7. The Labute approximate surface area is 331 Å². The van der Waals surface area contributed by atoms with Crippen LogP contribution in [0.15, 0.2) is 212 Å². The molecular weight excluding hydrogens is 695 g/mol. The summed E-state index contributed by atoms with van der Waals surface area (Å²) in [5.41, 5.74) is 10.7. The molecule has 0 saturated carbocycles. The predicted molar refractivity (Wildman–Crippen MR) is 243 cm³/mol.